The second-order valence-electron chi connectivity index (χ2n) is 5.97. The van der Waals surface area contributed by atoms with Crippen LogP contribution in [0.2, 0.25) is 0 Å². The molecule has 1 aliphatic rings. The van der Waals surface area contributed by atoms with E-state index < -0.39 is 0 Å². The van der Waals surface area contributed by atoms with Crippen LogP contribution in [0.1, 0.15) is 38.2 Å². The predicted molar refractivity (Wildman–Crippen MR) is 85.2 cm³/mol. The van der Waals surface area contributed by atoms with E-state index in [1.165, 1.54) is 17.7 Å². The van der Waals surface area contributed by atoms with Crippen molar-refractivity contribution in [1.82, 2.24) is 0 Å². The van der Waals surface area contributed by atoms with Crippen LogP contribution in [0.25, 0.3) is 0 Å². The van der Waals surface area contributed by atoms with Gasteiger partial charge in [0.2, 0.25) is 0 Å². The molecule has 0 bridgehead atoms. The fourth-order valence-electron chi connectivity index (χ4n) is 3.62. The van der Waals surface area contributed by atoms with Gasteiger partial charge >= 0.3 is 0 Å². The number of aryl methyl sites for hydroxylation is 1. The van der Waals surface area contributed by atoms with Gasteiger partial charge in [-0.15, -0.1) is 0 Å². The van der Waals surface area contributed by atoms with Gasteiger partial charge < -0.3 is 15.4 Å². The molecular weight excluding hydrogens is 248 g/mol. The molecule has 0 aromatic heterocycles. The number of hydrogen-bond acceptors (Lipinski definition) is 3. The largest absolute Gasteiger partial charge is 0.381 e. The van der Waals surface area contributed by atoms with Gasteiger partial charge in [0.05, 0.1) is 11.6 Å². The SMILES string of the molecule is CCN(c1cccc(C)c1)C1(CN)CCCC(OC)C1. The zero-order chi connectivity index (χ0) is 14.6. The lowest BCUT2D eigenvalue weighted by Gasteiger charge is -2.49. The third-order valence-electron chi connectivity index (χ3n) is 4.69. The topological polar surface area (TPSA) is 38.5 Å². The lowest BCUT2D eigenvalue weighted by Crippen LogP contribution is -2.57. The van der Waals surface area contributed by atoms with Gasteiger partial charge in [-0.25, -0.2) is 0 Å². The molecule has 0 heterocycles. The number of rotatable bonds is 5. The van der Waals surface area contributed by atoms with Crippen molar-refractivity contribution in [3.05, 3.63) is 29.8 Å². The molecule has 2 N–H and O–H groups in total. The second-order valence-corrected chi connectivity index (χ2v) is 5.97. The van der Waals surface area contributed by atoms with Crippen molar-refractivity contribution < 1.29 is 4.74 Å². The summed E-state index contributed by atoms with van der Waals surface area (Å²) in [5.41, 5.74) is 8.84. The normalized spacial score (nSPS) is 26.5. The Morgan fingerprint density at radius 1 is 1.45 bits per heavy atom. The molecule has 0 saturated heterocycles. The van der Waals surface area contributed by atoms with Crippen LogP contribution < -0.4 is 10.6 Å². The summed E-state index contributed by atoms with van der Waals surface area (Å²) in [7, 11) is 1.82. The summed E-state index contributed by atoms with van der Waals surface area (Å²) in [5.74, 6) is 0. The molecule has 0 amide bonds. The van der Waals surface area contributed by atoms with Crippen molar-refractivity contribution >= 4 is 5.69 Å². The first-order chi connectivity index (χ1) is 9.65. The van der Waals surface area contributed by atoms with Crippen molar-refractivity contribution in [2.45, 2.75) is 51.2 Å². The number of nitrogens with zero attached hydrogens (tertiary/aromatic N) is 1. The standard InChI is InChI=1S/C17H28N2O/c1-4-19(15-8-5-7-14(2)11-15)17(13-18)10-6-9-16(12-17)20-3/h5,7-8,11,16H,4,6,9-10,12-13,18H2,1-3H3. The number of anilines is 1. The minimum Gasteiger partial charge on any atom is -0.381 e. The Labute approximate surface area is 123 Å². The lowest BCUT2D eigenvalue weighted by atomic mass is 9.78. The Balaban J connectivity index is 2.31. The summed E-state index contributed by atoms with van der Waals surface area (Å²) in [4.78, 5) is 2.49. The fraction of sp³-hybridized carbons (Fsp3) is 0.647. The molecule has 1 fully saturated rings. The van der Waals surface area contributed by atoms with Crippen LogP contribution in [-0.2, 0) is 4.74 Å². The summed E-state index contributed by atoms with van der Waals surface area (Å²) in [6.45, 7) is 6.03. The van der Waals surface area contributed by atoms with Gasteiger partial charge in [0.15, 0.2) is 0 Å². The van der Waals surface area contributed by atoms with Gasteiger partial charge in [-0.2, -0.15) is 0 Å². The van der Waals surface area contributed by atoms with Crippen LogP contribution in [-0.4, -0.2) is 31.8 Å². The van der Waals surface area contributed by atoms with E-state index in [9.17, 15) is 0 Å². The number of ether oxygens (including phenoxy) is 1. The van der Waals surface area contributed by atoms with Gasteiger partial charge in [0.25, 0.3) is 0 Å². The molecule has 3 heteroatoms. The zero-order valence-electron chi connectivity index (χ0n) is 13.1. The highest BCUT2D eigenvalue weighted by Crippen LogP contribution is 2.37. The Morgan fingerprint density at radius 3 is 2.85 bits per heavy atom. The Hall–Kier alpha value is -1.06. The minimum atomic E-state index is 0.0431. The number of benzene rings is 1. The number of hydrogen-bond donors (Lipinski definition) is 1. The zero-order valence-corrected chi connectivity index (χ0v) is 13.1. The van der Waals surface area contributed by atoms with E-state index in [1.54, 1.807) is 0 Å². The molecule has 1 saturated carbocycles. The summed E-state index contributed by atoms with van der Waals surface area (Å²) in [6.07, 6.45) is 4.88. The maximum absolute atomic E-state index is 6.21. The summed E-state index contributed by atoms with van der Waals surface area (Å²) >= 11 is 0. The highest BCUT2D eigenvalue weighted by molar-refractivity contribution is 5.51. The Bertz CT molecular complexity index is 435. The van der Waals surface area contributed by atoms with E-state index in [0.29, 0.717) is 12.6 Å². The average Bonchev–Trinajstić information content (AvgIpc) is 2.48. The average molecular weight is 276 g/mol. The molecule has 0 spiro atoms. The Kier molecular flexibility index (Phi) is 5.06. The minimum absolute atomic E-state index is 0.0431. The van der Waals surface area contributed by atoms with Crippen molar-refractivity contribution in [2.75, 3.05) is 25.1 Å². The van der Waals surface area contributed by atoms with E-state index in [-0.39, 0.29) is 5.54 Å². The van der Waals surface area contributed by atoms with Crippen molar-refractivity contribution in [1.29, 1.82) is 0 Å². The molecular formula is C17H28N2O. The van der Waals surface area contributed by atoms with Gasteiger partial charge in [-0.1, -0.05) is 12.1 Å². The smallest absolute Gasteiger partial charge is 0.0594 e. The van der Waals surface area contributed by atoms with Crippen LogP contribution in [0, 0.1) is 6.92 Å². The van der Waals surface area contributed by atoms with E-state index in [1.807, 2.05) is 7.11 Å². The first-order valence-corrected chi connectivity index (χ1v) is 7.72. The molecule has 20 heavy (non-hydrogen) atoms. The highest BCUT2D eigenvalue weighted by Gasteiger charge is 2.40. The molecule has 0 radical (unpaired) electrons. The first kappa shape index (κ1) is 15.3. The maximum atomic E-state index is 6.21. The number of nitrogens with two attached hydrogens (primary N) is 1. The molecule has 0 aliphatic heterocycles. The molecule has 2 rings (SSSR count). The van der Waals surface area contributed by atoms with Crippen LogP contribution in [0.5, 0.6) is 0 Å². The number of likely N-dealkylation sites (N-methyl/N-ethyl adjacent to an activating group) is 1. The van der Waals surface area contributed by atoms with E-state index in [4.69, 9.17) is 10.5 Å². The van der Waals surface area contributed by atoms with Gasteiger partial charge in [0, 0.05) is 25.9 Å². The van der Waals surface area contributed by atoms with Crippen LogP contribution in [0.15, 0.2) is 24.3 Å². The third-order valence-corrected chi connectivity index (χ3v) is 4.69. The van der Waals surface area contributed by atoms with Crippen LogP contribution >= 0.6 is 0 Å². The molecule has 3 nitrogen and oxygen atoms in total. The van der Waals surface area contributed by atoms with E-state index in [0.717, 1.165) is 25.8 Å². The summed E-state index contributed by atoms with van der Waals surface area (Å²) in [5, 5.41) is 0. The molecule has 1 aliphatic carbocycles. The maximum Gasteiger partial charge on any atom is 0.0594 e. The molecule has 1 aromatic carbocycles. The summed E-state index contributed by atoms with van der Waals surface area (Å²) in [6, 6.07) is 8.74. The molecule has 1 aromatic rings. The third kappa shape index (κ3) is 2.99. The highest BCUT2D eigenvalue weighted by atomic mass is 16.5. The second kappa shape index (κ2) is 6.59. The monoisotopic (exact) mass is 276 g/mol. The predicted octanol–water partition coefficient (Wildman–Crippen LogP) is 3.11. The lowest BCUT2D eigenvalue weighted by molar-refractivity contribution is 0.0413. The van der Waals surface area contributed by atoms with Crippen LogP contribution in [0.4, 0.5) is 5.69 Å². The first-order valence-electron chi connectivity index (χ1n) is 7.72. The van der Waals surface area contributed by atoms with Gasteiger partial charge in [-0.3, -0.25) is 0 Å². The van der Waals surface area contributed by atoms with Crippen molar-refractivity contribution in [2.24, 2.45) is 5.73 Å². The molecule has 112 valence electrons. The van der Waals surface area contributed by atoms with Crippen molar-refractivity contribution in [3.63, 3.8) is 0 Å². The quantitative estimate of drug-likeness (QED) is 0.898. The summed E-state index contributed by atoms with van der Waals surface area (Å²) < 4.78 is 5.62. The molecule has 2 atom stereocenters. The Morgan fingerprint density at radius 2 is 2.25 bits per heavy atom. The van der Waals surface area contributed by atoms with Crippen molar-refractivity contribution in [3.8, 4) is 0 Å². The van der Waals surface area contributed by atoms with Gasteiger partial charge in [-0.05, 0) is 57.2 Å². The van der Waals surface area contributed by atoms with Gasteiger partial charge in [0.1, 0.15) is 0 Å². The van der Waals surface area contributed by atoms with E-state index in [2.05, 4.69) is 43.0 Å². The number of methoxy groups -OCH3 is 1. The van der Waals surface area contributed by atoms with Crippen LogP contribution in [0.3, 0.4) is 0 Å². The fourth-order valence-corrected chi connectivity index (χ4v) is 3.62. The molecule has 2 unspecified atom stereocenters. The van der Waals surface area contributed by atoms with E-state index >= 15 is 0 Å².